The molecule has 2 aliphatic rings. The summed E-state index contributed by atoms with van der Waals surface area (Å²) < 4.78 is 15.8. The van der Waals surface area contributed by atoms with Gasteiger partial charge in [-0.3, -0.25) is 39.3 Å². The molecule has 2 fully saturated rings. The third-order valence-electron chi connectivity index (χ3n) is 15.3. The van der Waals surface area contributed by atoms with E-state index in [0.29, 0.717) is 16.9 Å². The summed E-state index contributed by atoms with van der Waals surface area (Å²) >= 11 is 0. The van der Waals surface area contributed by atoms with Gasteiger partial charge in [-0.05, 0) is 112 Å². The SMILES string of the molecule is O=C(Nc1ccc(-c2ccc3ncc(N4CCN(Cc5cccnc5)CC4)nc3c2)cc1)C(CC(C(=O)Nc1ccc(-c2ccc3ncc(N4CCN(Cc5cccnc5)CC4)nc3c2)cc1)c1ccccc1F)c1ccccc1. The Bertz CT molecular complexity index is 3750. The number of fused-ring (bicyclic) bond motifs is 2. The number of rotatable bonds is 16. The minimum atomic E-state index is -1.02. The van der Waals surface area contributed by atoms with Crippen molar-refractivity contribution in [3.8, 4) is 22.3 Å². The largest absolute Gasteiger partial charge is 0.353 e. The topological polar surface area (TPSA) is 148 Å². The van der Waals surface area contributed by atoms with Crippen molar-refractivity contribution < 1.29 is 14.0 Å². The number of piperazine rings is 2. The third-order valence-corrected chi connectivity index (χ3v) is 15.3. The van der Waals surface area contributed by atoms with Gasteiger partial charge in [0.05, 0.1) is 46.3 Å². The Morgan fingerprint density at radius 3 is 1.40 bits per heavy atom. The number of hydrogen-bond acceptors (Lipinski definition) is 12. The molecule has 398 valence electrons. The lowest BCUT2D eigenvalue weighted by atomic mass is 9.83. The molecule has 6 aromatic carbocycles. The Morgan fingerprint density at radius 2 is 0.925 bits per heavy atom. The predicted octanol–water partition coefficient (Wildman–Crippen LogP) is 11.0. The second-order valence-corrected chi connectivity index (χ2v) is 20.5. The van der Waals surface area contributed by atoms with Crippen LogP contribution in [0.2, 0.25) is 0 Å². The first-order valence-electron chi connectivity index (χ1n) is 27.2. The van der Waals surface area contributed by atoms with Crippen LogP contribution in [0.3, 0.4) is 0 Å². The molecule has 2 N–H and O–H groups in total. The Labute approximate surface area is 464 Å². The number of pyridine rings is 2. The molecule has 12 rings (SSSR count). The monoisotopic (exact) mass is 1060 g/mol. The molecule has 0 spiro atoms. The fraction of sp³-hybridized carbons (Fsp3) is 0.200. The molecular formula is C65H59FN12O2. The van der Waals surface area contributed by atoms with E-state index in [1.807, 2.05) is 146 Å². The first-order chi connectivity index (χ1) is 39.3. The van der Waals surface area contributed by atoms with Gasteiger partial charge in [0.25, 0.3) is 0 Å². The summed E-state index contributed by atoms with van der Waals surface area (Å²) in [6.07, 6.45) is 11.2. The molecule has 4 aromatic heterocycles. The molecule has 0 aliphatic carbocycles. The van der Waals surface area contributed by atoms with Gasteiger partial charge in [-0.25, -0.2) is 14.4 Å². The van der Waals surface area contributed by atoms with Crippen LogP contribution in [0.25, 0.3) is 44.3 Å². The Hall–Kier alpha value is -9.31. The normalized spacial score (nSPS) is 14.9. The van der Waals surface area contributed by atoms with E-state index in [1.54, 1.807) is 30.6 Å². The lowest BCUT2D eigenvalue weighted by molar-refractivity contribution is -0.119. The minimum Gasteiger partial charge on any atom is -0.353 e. The molecule has 6 heterocycles. The van der Waals surface area contributed by atoms with Gasteiger partial charge in [-0.2, -0.15) is 0 Å². The van der Waals surface area contributed by atoms with Crippen LogP contribution in [0.15, 0.2) is 201 Å². The number of anilines is 4. The van der Waals surface area contributed by atoms with Gasteiger partial charge >= 0.3 is 0 Å². The number of benzene rings is 6. The first kappa shape index (κ1) is 51.4. The van der Waals surface area contributed by atoms with Gasteiger partial charge in [0.1, 0.15) is 17.5 Å². The van der Waals surface area contributed by atoms with E-state index >= 15 is 4.39 Å². The van der Waals surface area contributed by atoms with Crippen molar-refractivity contribution in [2.24, 2.45) is 0 Å². The number of halogens is 1. The standard InChI is InChI=1S/C65H59FN12O2/c66-57-13-5-4-12-54(57)56(65(80)72-53-22-16-48(17-23-53)51-19-25-59-61(37-51)74-63(42-70-59)78-34-30-76(31-35-78)44-46-9-7-27-68-40-46)38-55(49-10-2-1-3-11-49)64(79)71-52-20-14-47(15-21-52)50-18-24-58-60(36-50)73-62(41-69-58)77-32-28-75(29-33-77)43-45-8-6-26-67-39-45/h1-27,36-37,39-42,55-56H,28-35,38,43-44H2,(H,71,79)(H,72,80). The zero-order chi connectivity index (χ0) is 54.2. The van der Waals surface area contributed by atoms with Crippen LogP contribution >= 0.6 is 0 Å². The lowest BCUT2D eigenvalue weighted by Gasteiger charge is -2.35. The molecule has 2 aliphatic heterocycles. The molecule has 0 bridgehead atoms. The van der Waals surface area contributed by atoms with Crippen LogP contribution in [-0.2, 0) is 22.7 Å². The smallest absolute Gasteiger partial charge is 0.232 e. The van der Waals surface area contributed by atoms with Gasteiger partial charge in [0.2, 0.25) is 11.8 Å². The number of carbonyl (C=O) groups excluding carboxylic acids is 2. The van der Waals surface area contributed by atoms with Gasteiger partial charge in [0.15, 0.2) is 0 Å². The number of aromatic nitrogens is 6. The first-order valence-corrected chi connectivity index (χ1v) is 27.2. The molecule has 80 heavy (non-hydrogen) atoms. The second-order valence-electron chi connectivity index (χ2n) is 20.5. The van der Waals surface area contributed by atoms with Crippen molar-refractivity contribution in [2.75, 3.05) is 72.8 Å². The lowest BCUT2D eigenvalue weighted by Crippen LogP contribution is -2.46. The summed E-state index contributed by atoms with van der Waals surface area (Å²) in [5, 5.41) is 6.17. The highest BCUT2D eigenvalue weighted by molar-refractivity contribution is 5.99. The minimum absolute atomic E-state index is 0.00117. The van der Waals surface area contributed by atoms with E-state index in [1.165, 1.54) is 17.2 Å². The molecule has 2 amide bonds. The van der Waals surface area contributed by atoms with Crippen LogP contribution in [0.5, 0.6) is 0 Å². The third kappa shape index (κ3) is 12.0. The van der Waals surface area contributed by atoms with Crippen molar-refractivity contribution in [1.29, 1.82) is 0 Å². The van der Waals surface area contributed by atoms with E-state index in [0.717, 1.165) is 121 Å². The summed E-state index contributed by atoms with van der Waals surface area (Å²) in [7, 11) is 0. The zero-order valence-electron chi connectivity index (χ0n) is 44.2. The van der Waals surface area contributed by atoms with Crippen LogP contribution < -0.4 is 20.4 Å². The van der Waals surface area contributed by atoms with Crippen molar-refractivity contribution >= 4 is 56.9 Å². The van der Waals surface area contributed by atoms with E-state index in [4.69, 9.17) is 19.9 Å². The highest BCUT2D eigenvalue weighted by Gasteiger charge is 2.32. The summed E-state index contributed by atoms with van der Waals surface area (Å²) in [5.74, 6) is -1.41. The molecular weight excluding hydrogens is 1000 g/mol. The van der Waals surface area contributed by atoms with Crippen LogP contribution in [0.4, 0.5) is 27.4 Å². The molecule has 2 saturated heterocycles. The van der Waals surface area contributed by atoms with Crippen LogP contribution in [0.1, 0.15) is 40.5 Å². The Balaban J connectivity index is 0.713. The number of hydrogen-bond donors (Lipinski definition) is 2. The van der Waals surface area contributed by atoms with Gasteiger partial charge in [-0.1, -0.05) is 97.1 Å². The maximum atomic E-state index is 15.8. The molecule has 2 atom stereocenters. The van der Waals surface area contributed by atoms with Crippen molar-refractivity contribution in [1.82, 2.24) is 39.7 Å². The predicted molar refractivity (Wildman–Crippen MR) is 314 cm³/mol. The quantitative estimate of drug-likeness (QED) is 0.0949. The molecule has 2 unspecified atom stereocenters. The number of nitrogens with zero attached hydrogens (tertiary/aromatic N) is 10. The highest BCUT2D eigenvalue weighted by atomic mass is 19.1. The van der Waals surface area contributed by atoms with Crippen molar-refractivity contribution in [3.63, 3.8) is 0 Å². The summed E-state index contributed by atoms with van der Waals surface area (Å²) in [5.41, 5.74) is 11.5. The molecule has 0 radical (unpaired) electrons. The Kier molecular flexibility index (Phi) is 15.3. The van der Waals surface area contributed by atoms with Crippen LogP contribution in [-0.4, -0.2) is 104 Å². The van der Waals surface area contributed by atoms with E-state index in [9.17, 15) is 9.59 Å². The molecule has 10 aromatic rings. The fourth-order valence-electron chi connectivity index (χ4n) is 10.8. The summed E-state index contributed by atoms with van der Waals surface area (Å²) in [4.78, 5) is 66.7. The molecule has 15 heteroatoms. The maximum Gasteiger partial charge on any atom is 0.232 e. The average molecular weight is 1060 g/mol. The van der Waals surface area contributed by atoms with Crippen molar-refractivity contribution in [2.45, 2.75) is 31.3 Å². The van der Waals surface area contributed by atoms with Gasteiger partial charge < -0.3 is 20.4 Å². The van der Waals surface area contributed by atoms with E-state index in [2.05, 4.69) is 58.4 Å². The zero-order valence-corrected chi connectivity index (χ0v) is 44.2. The fourth-order valence-corrected chi connectivity index (χ4v) is 10.8. The van der Waals surface area contributed by atoms with E-state index < -0.39 is 23.6 Å². The molecule has 0 saturated carbocycles. The molecule has 14 nitrogen and oxygen atoms in total. The van der Waals surface area contributed by atoms with Crippen molar-refractivity contribution in [3.05, 3.63) is 229 Å². The summed E-state index contributed by atoms with van der Waals surface area (Å²) in [6, 6.07) is 51.1. The van der Waals surface area contributed by atoms with Gasteiger partial charge in [-0.15, -0.1) is 0 Å². The van der Waals surface area contributed by atoms with Crippen LogP contribution in [0, 0.1) is 5.82 Å². The second kappa shape index (κ2) is 23.7. The van der Waals surface area contributed by atoms with E-state index in [-0.39, 0.29) is 17.9 Å². The Morgan fingerprint density at radius 1 is 0.463 bits per heavy atom. The maximum absolute atomic E-state index is 15.8. The average Bonchev–Trinajstić information content (AvgIpc) is 3.51. The highest BCUT2D eigenvalue weighted by Crippen LogP contribution is 2.35. The summed E-state index contributed by atoms with van der Waals surface area (Å²) in [6.45, 7) is 8.81. The number of amides is 2. The number of carbonyl (C=O) groups is 2. The van der Waals surface area contributed by atoms with Gasteiger partial charge in [0, 0.05) is 107 Å². The number of nitrogens with one attached hydrogen (secondary N) is 2.